The Kier molecular flexibility index (Phi) is 7.54. The topological polar surface area (TPSA) is 38.3 Å². The van der Waals surface area contributed by atoms with Crippen LogP contribution in [0.3, 0.4) is 0 Å². The lowest BCUT2D eigenvalue weighted by atomic mass is 10.2. The fraction of sp³-hybridized carbons (Fsp3) is 0.0741. The molecule has 0 fully saturated rings. The summed E-state index contributed by atoms with van der Waals surface area (Å²) in [6.07, 6.45) is 0. The maximum Gasteiger partial charge on any atom is 0.262 e. The molecule has 0 atom stereocenters. The number of benzene rings is 4. The van der Waals surface area contributed by atoms with E-state index in [4.69, 9.17) is 4.74 Å². The average molecular weight is 458 g/mol. The van der Waals surface area contributed by atoms with Gasteiger partial charge in [-0.05, 0) is 61.0 Å². The molecule has 0 heterocycles. The van der Waals surface area contributed by atoms with Crippen molar-refractivity contribution in [2.75, 3.05) is 11.9 Å². The van der Waals surface area contributed by atoms with Gasteiger partial charge < -0.3 is 10.1 Å². The smallest absolute Gasteiger partial charge is 0.262 e. The van der Waals surface area contributed by atoms with E-state index < -0.39 is 0 Å². The molecule has 3 nitrogen and oxygen atoms in total. The van der Waals surface area contributed by atoms with Crippen molar-refractivity contribution in [3.8, 4) is 5.75 Å². The third-order valence-electron chi connectivity index (χ3n) is 4.57. The van der Waals surface area contributed by atoms with E-state index in [-0.39, 0.29) is 12.5 Å². The van der Waals surface area contributed by atoms with Gasteiger partial charge in [-0.25, -0.2) is 0 Å². The third-order valence-corrected chi connectivity index (χ3v) is 6.53. The largest absolute Gasteiger partial charge is 0.483 e. The Balaban J connectivity index is 1.51. The van der Waals surface area contributed by atoms with Gasteiger partial charge >= 0.3 is 0 Å². The van der Waals surface area contributed by atoms with E-state index >= 15 is 0 Å². The second kappa shape index (κ2) is 10.9. The quantitative estimate of drug-likeness (QED) is 0.301. The number of rotatable bonds is 8. The highest BCUT2D eigenvalue weighted by Crippen LogP contribution is 2.36. The second-order valence-electron chi connectivity index (χ2n) is 7.13. The van der Waals surface area contributed by atoms with Crippen molar-refractivity contribution >= 4 is 35.1 Å². The van der Waals surface area contributed by atoms with Crippen molar-refractivity contribution < 1.29 is 9.53 Å². The molecular formula is C27H23NO2S2. The number of para-hydroxylation sites is 1. The zero-order chi connectivity index (χ0) is 22.2. The monoisotopic (exact) mass is 457 g/mol. The van der Waals surface area contributed by atoms with Gasteiger partial charge in [0.25, 0.3) is 5.91 Å². The maximum absolute atomic E-state index is 12.6. The molecule has 4 aromatic rings. The summed E-state index contributed by atoms with van der Waals surface area (Å²) in [6, 6.07) is 34.3. The van der Waals surface area contributed by atoms with Crippen LogP contribution in [0.25, 0.3) is 0 Å². The first kappa shape index (κ1) is 22.1. The van der Waals surface area contributed by atoms with Crippen molar-refractivity contribution in [1.82, 2.24) is 0 Å². The number of ether oxygens (including phenoxy) is 1. The van der Waals surface area contributed by atoms with Gasteiger partial charge in [0, 0.05) is 25.3 Å². The number of anilines is 1. The van der Waals surface area contributed by atoms with Gasteiger partial charge in [-0.15, -0.1) is 0 Å². The standard InChI is InChI=1S/C27H23NO2S2/c1-20-10-8-9-15-26(20)30-19-27(29)28-21-16-24(31-22-11-4-2-5-12-22)18-25(17-21)32-23-13-6-3-7-14-23/h2-18H,19H2,1H3,(H,28,29). The van der Waals surface area contributed by atoms with E-state index in [0.29, 0.717) is 0 Å². The van der Waals surface area contributed by atoms with Crippen LogP contribution < -0.4 is 10.1 Å². The summed E-state index contributed by atoms with van der Waals surface area (Å²) in [5, 5.41) is 2.99. The molecule has 0 aliphatic heterocycles. The van der Waals surface area contributed by atoms with Crippen LogP contribution in [0.1, 0.15) is 5.56 Å². The molecule has 0 saturated heterocycles. The Morgan fingerprint density at radius 1 is 0.719 bits per heavy atom. The van der Waals surface area contributed by atoms with E-state index in [1.165, 1.54) is 0 Å². The highest BCUT2D eigenvalue weighted by atomic mass is 32.2. The molecule has 0 radical (unpaired) electrons. The molecule has 1 amide bonds. The van der Waals surface area contributed by atoms with Crippen LogP contribution in [-0.2, 0) is 4.79 Å². The summed E-state index contributed by atoms with van der Waals surface area (Å²) < 4.78 is 5.70. The van der Waals surface area contributed by atoms with Crippen molar-refractivity contribution in [2.45, 2.75) is 26.5 Å². The predicted molar refractivity (Wildman–Crippen MR) is 133 cm³/mol. The van der Waals surface area contributed by atoms with Crippen LogP contribution in [0.5, 0.6) is 5.75 Å². The molecule has 0 aliphatic rings. The highest BCUT2D eigenvalue weighted by molar-refractivity contribution is 8.00. The van der Waals surface area contributed by atoms with Crippen LogP contribution >= 0.6 is 23.5 Å². The van der Waals surface area contributed by atoms with Gasteiger partial charge in [0.15, 0.2) is 6.61 Å². The second-order valence-corrected chi connectivity index (χ2v) is 9.42. The van der Waals surface area contributed by atoms with Crippen molar-refractivity contribution in [3.63, 3.8) is 0 Å². The summed E-state index contributed by atoms with van der Waals surface area (Å²) in [5.74, 6) is 0.530. The molecular weight excluding hydrogens is 434 g/mol. The Labute approximate surface area is 197 Å². The number of hydrogen-bond acceptors (Lipinski definition) is 4. The molecule has 0 unspecified atom stereocenters. The van der Waals surface area contributed by atoms with Gasteiger partial charge in [-0.2, -0.15) is 0 Å². The van der Waals surface area contributed by atoms with E-state index in [0.717, 1.165) is 36.6 Å². The Hall–Kier alpha value is -3.15. The van der Waals surface area contributed by atoms with Crippen LogP contribution in [0, 0.1) is 6.92 Å². The number of carbonyl (C=O) groups excluding carboxylic acids is 1. The van der Waals surface area contributed by atoms with Crippen molar-refractivity contribution in [1.29, 1.82) is 0 Å². The normalized spacial score (nSPS) is 10.5. The van der Waals surface area contributed by atoms with E-state index in [2.05, 4.69) is 35.6 Å². The number of amides is 1. The molecule has 0 saturated carbocycles. The van der Waals surface area contributed by atoms with Crippen molar-refractivity contribution in [2.24, 2.45) is 0 Å². The van der Waals surface area contributed by atoms with Crippen LogP contribution in [0.2, 0.25) is 0 Å². The van der Waals surface area contributed by atoms with E-state index in [1.54, 1.807) is 23.5 Å². The molecule has 1 N–H and O–H groups in total. The molecule has 32 heavy (non-hydrogen) atoms. The predicted octanol–water partition coefficient (Wildman–Crippen LogP) is 7.31. The maximum atomic E-state index is 12.6. The SMILES string of the molecule is Cc1ccccc1OCC(=O)Nc1cc(Sc2ccccc2)cc(Sc2ccccc2)c1. The van der Waals surface area contributed by atoms with Crippen LogP contribution in [0.15, 0.2) is 123 Å². The molecule has 0 aromatic heterocycles. The number of nitrogens with one attached hydrogen (secondary N) is 1. The summed E-state index contributed by atoms with van der Waals surface area (Å²) in [5.41, 5.74) is 1.76. The first-order valence-corrected chi connectivity index (χ1v) is 11.9. The summed E-state index contributed by atoms with van der Waals surface area (Å²) in [7, 11) is 0. The summed E-state index contributed by atoms with van der Waals surface area (Å²) in [6.45, 7) is 1.92. The molecule has 4 rings (SSSR count). The fourth-order valence-corrected chi connectivity index (χ4v) is 5.02. The molecule has 0 bridgehead atoms. The Morgan fingerprint density at radius 3 is 1.81 bits per heavy atom. The molecule has 160 valence electrons. The lowest BCUT2D eigenvalue weighted by Crippen LogP contribution is -2.20. The lowest BCUT2D eigenvalue weighted by Gasteiger charge is -2.12. The fourth-order valence-electron chi connectivity index (χ4n) is 3.07. The van der Waals surface area contributed by atoms with Crippen LogP contribution in [0.4, 0.5) is 5.69 Å². The number of aryl methyl sites for hydroxylation is 1. The zero-order valence-electron chi connectivity index (χ0n) is 17.7. The van der Waals surface area contributed by atoms with Gasteiger partial charge in [0.1, 0.15) is 5.75 Å². The van der Waals surface area contributed by atoms with Gasteiger partial charge in [-0.3, -0.25) is 4.79 Å². The number of hydrogen-bond donors (Lipinski definition) is 1. The van der Waals surface area contributed by atoms with E-state index in [1.807, 2.05) is 79.7 Å². The Morgan fingerprint density at radius 2 is 1.25 bits per heavy atom. The first-order valence-electron chi connectivity index (χ1n) is 10.2. The molecule has 5 heteroatoms. The first-order chi connectivity index (χ1) is 15.7. The summed E-state index contributed by atoms with van der Waals surface area (Å²) in [4.78, 5) is 17.0. The molecule has 0 spiro atoms. The average Bonchev–Trinajstić information content (AvgIpc) is 2.80. The summed E-state index contributed by atoms with van der Waals surface area (Å²) >= 11 is 3.34. The van der Waals surface area contributed by atoms with Crippen LogP contribution in [-0.4, -0.2) is 12.5 Å². The van der Waals surface area contributed by atoms with E-state index in [9.17, 15) is 4.79 Å². The van der Waals surface area contributed by atoms with Gasteiger partial charge in [-0.1, -0.05) is 78.1 Å². The zero-order valence-corrected chi connectivity index (χ0v) is 19.3. The lowest BCUT2D eigenvalue weighted by molar-refractivity contribution is -0.118. The third kappa shape index (κ3) is 6.42. The molecule has 4 aromatic carbocycles. The minimum atomic E-state index is -0.189. The highest BCUT2D eigenvalue weighted by Gasteiger charge is 2.09. The minimum Gasteiger partial charge on any atom is -0.483 e. The Bertz CT molecular complexity index is 1120. The van der Waals surface area contributed by atoms with Gasteiger partial charge in [0.05, 0.1) is 0 Å². The molecule has 0 aliphatic carbocycles. The van der Waals surface area contributed by atoms with Gasteiger partial charge in [0.2, 0.25) is 0 Å². The number of carbonyl (C=O) groups is 1. The van der Waals surface area contributed by atoms with Crippen molar-refractivity contribution in [3.05, 3.63) is 109 Å². The minimum absolute atomic E-state index is 0.0396.